The Morgan fingerprint density at radius 3 is 2.72 bits per heavy atom. The number of hydrogen-bond donors (Lipinski definition) is 1. The lowest BCUT2D eigenvalue weighted by Gasteiger charge is -2.30. The van der Waals surface area contributed by atoms with Gasteiger partial charge < -0.3 is 10.1 Å². The summed E-state index contributed by atoms with van der Waals surface area (Å²) < 4.78 is 4.96. The van der Waals surface area contributed by atoms with Crippen LogP contribution in [-0.4, -0.2) is 29.7 Å². The second kappa shape index (κ2) is 7.81. The molecule has 0 unspecified atom stereocenters. The minimum Gasteiger partial charge on any atom is -0.465 e. The zero-order valence-electron chi connectivity index (χ0n) is 13.5. The molecule has 0 saturated heterocycles. The summed E-state index contributed by atoms with van der Waals surface area (Å²) in [5.74, 6) is -3.92. The van der Waals surface area contributed by atoms with Gasteiger partial charge in [0.25, 0.3) is 5.69 Å². The molecule has 0 radical (unpaired) electrons. The van der Waals surface area contributed by atoms with Crippen LogP contribution in [0, 0.1) is 27.4 Å². The van der Waals surface area contributed by atoms with Gasteiger partial charge in [0.2, 0.25) is 5.91 Å². The summed E-state index contributed by atoms with van der Waals surface area (Å²) in [7, 11) is 0. The lowest BCUT2D eigenvalue weighted by atomic mass is 9.78. The number of hydrogen-bond acceptors (Lipinski definition) is 7. The molecule has 2 rings (SSSR count). The molecule has 0 saturated carbocycles. The highest BCUT2D eigenvalue weighted by Gasteiger charge is 2.46. The first-order valence-electron chi connectivity index (χ1n) is 7.35. The Kier molecular flexibility index (Phi) is 5.77. The number of para-hydroxylation sites is 1. The van der Waals surface area contributed by atoms with E-state index in [4.69, 9.17) is 4.74 Å². The van der Waals surface area contributed by atoms with E-state index < -0.39 is 28.6 Å². The fourth-order valence-electron chi connectivity index (χ4n) is 2.72. The molecule has 1 amide bonds. The van der Waals surface area contributed by atoms with Crippen LogP contribution in [0.5, 0.6) is 0 Å². The number of benzene rings is 1. The van der Waals surface area contributed by atoms with Crippen molar-refractivity contribution in [2.24, 2.45) is 5.92 Å². The molecule has 130 valence electrons. The van der Waals surface area contributed by atoms with Crippen molar-refractivity contribution in [1.82, 2.24) is 5.32 Å². The molecule has 1 aromatic rings. The second-order valence-corrected chi connectivity index (χ2v) is 5.89. The number of nitriles is 1. The fourth-order valence-corrected chi connectivity index (χ4v) is 3.32. The number of thioether (sulfide) groups is 1. The van der Waals surface area contributed by atoms with Crippen molar-refractivity contribution in [3.63, 3.8) is 0 Å². The average molecular weight is 361 g/mol. The minimum absolute atomic E-state index is 0.0488. The van der Waals surface area contributed by atoms with Crippen LogP contribution in [0.3, 0.4) is 0 Å². The van der Waals surface area contributed by atoms with Crippen LogP contribution in [0.4, 0.5) is 5.69 Å². The van der Waals surface area contributed by atoms with Crippen LogP contribution >= 0.6 is 11.8 Å². The number of amides is 1. The third-order valence-corrected chi connectivity index (χ3v) is 4.47. The van der Waals surface area contributed by atoms with Gasteiger partial charge in [-0.05, 0) is 13.2 Å². The molecule has 0 bridgehead atoms. The minimum atomic E-state index is -1.37. The van der Waals surface area contributed by atoms with Crippen molar-refractivity contribution in [1.29, 1.82) is 5.26 Å². The third-order valence-electron chi connectivity index (χ3n) is 3.74. The topological polar surface area (TPSA) is 122 Å². The van der Waals surface area contributed by atoms with Gasteiger partial charge in [0, 0.05) is 11.6 Å². The summed E-state index contributed by atoms with van der Waals surface area (Å²) in [5, 5.41) is 23.7. The van der Waals surface area contributed by atoms with E-state index in [1.54, 1.807) is 19.2 Å². The summed E-state index contributed by atoms with van der Waals surface area (Å²) in [6, 6.07) is 7.75. The molecule has 1 N–H and O–H groups in total. The van der Waals surface area contributed by atoms with Gasteiger partial charge >= 0.3 is 5.97 Å². The Hall–Kier alpha value is -2.86. The highest BCUT2D eigenvalue weighted by atomic mass is 32.2. The maximum atomic E-state index is 12.5. The van der Waals surface area contributed by atoms with E-state index in [2.05, 4.69) is 5.32 Å². The first-order valence-corrected chi connectivity index (χ1v) is 8.57. The van der Waals surface area contributed by atoms with E-state index in [0.29, 0.717) is 0 Å². The summed E-state index contributed by atoms with van der Waals surface area (Å²) in [4.78, 5) is 35.6. The first-order chi connectivity index (χ1) is 12.0. The van der Waals surface area contributed by atoms with Crippen LogP contribution in [-0.2, 0) is 14.3 Å². The molecule has 2 atom stereocenters. The van der Waals surface area contributed by atoms with Crippen molar-refractivity contribution in [2.45, 2.75) is 12.8 Å². The van der Waals surface area contributed by atoms with Crippen molar-refractivity contribution in [3.8, 4) is 6.07 Å². The quantitative estimate of drug-likeness (QED) is 0.369. The molecule has 1 heterocycles. The van der Waals surface area contributed by atoms with Crippen molar-refractivity contribution in [2.75, 3.05) is 12.9 Å². The number of nitrogens with one attached hydrogen (secondary N) is 1. The number of nitro benzene ring substituents is 1. The Morgan fingerprint density at radius 1 is 1.48 bits per heavy atom. The maximum absolute atomic E-state index is 12.5. The van der Waals surface area contributed by atoms with Crippen molar-refractivity contribution < 1.29 is 19.2 Å². The molecule has 1 aliphatic heterocycles. The van der Waals surface area contributed by atoms with E-state index in [1.807, 2.05) is 6.07 Å². The van der Waals surface area contributed by atoms with Crippen LogP contribution in [0.25, 0.3) is 0 Å². The van der Waals surface area contributed by atoms with Crippen molar-refractivity contribution >= 4 is 29.3 Å². The predicted molar refractivity (Wildman–Crippen MR) is 90.3 cm³/mol. The lowest BCUT2D eigenvalue weighted by molar-refractivity contribution is -0.385. The number of rotatable bonds is 5. The molecule has 0 aliphatic carbocycles. The summed E-state index contributed by atoms with van der Waals surface area (Å²) in [6.45, 7) is 1.64. The third kappa shape index (κ3) is 3.49. The van der Waals surface area contributed by atoms with E-state index in [0.717, 1.165) is 11.8 Å². The standard InChI is InChI=1S/C16H15N3O5S/c1-3-24-16(21)13-12(9-6-4-5-7-11(9)19(22)23)10(8-17)15(25-2)18-14(13)20/h4-7,12-13H,3H2,1-2H3,(H,18,20)/t12-,13+/m1/s1. The van der Waals surface area contributed by atoms with Crippen LogP contribution in [0.1, 0.15) is 18.4 Å². The largest absolute Gasteiger partial charge is 0.465 e. The monoisotopic (exact) mass is 361 g/mol. The number of ether oxygens (including phenoxy) is 1. The average Bonchev–Trinajstić information content (AvgIpc) is 2.60. The summed E-state index contributed by atoms with van der Waals surface area (Å²) >= 11 is 1.13. The van der Waals surface area contributed by atoms with E-state index in [9.17, 15) is 25.0 Å². The van der Waals surface area contributed by atoms with Gasteiger partial charge in [0.15, 0.2) is 0 Å². The lowest BCUT2D eigenvalue weighted by Crippen LogP contribution is -2.44. The second-order valence-electron chi connectivity index (χ2n) is 5.07. The number of esters is 1. The zero-order valence-corrected chi connectivity index (χ0v) is 14.3. The smallest absolute Gasteiger partial charge is 0.319 e. The van der Waals surface area contributed by atoms with Gasteiger partial charge in [0.1, 0.15) is 5.92 Å². The number of nitro groups is 1. The van der Waals surface area contributed by atoms with Gasteiger partial charge in [-0.1, -0.05) is 18.2 Å². The maximum Gasteiger partial charge on any atom is 0.319 e. The predicted octanol–water partition coefficient (Wildman–Crippen LogP) is 2.09. The molecular formula is C16H15N3O5S. The van der Waals surface area contributed by atoms with Gasteiger partial charge in [-0.3, -0.25) is 19.7 Å². The van der Waals surface area contributed by atoms with Gasteiger partial charge in [0.05, 0.1) is 34.1 Å². The highest BCUT2D eigenvalue weighted by molar-refractivity contribution is 8.02. The number of allylic oxidation sites excluding steroid dienone is 1. The van der Waals surface area contributed by atoms with Gasteiger partial charge in [-0.25, -0.2) is 0 Å². The van der Waals surface area contributed by atoms with Gasteiger partial charge in [-0.2, -0.15) is 5.26 Å². The molecule has 9 heteroatoms. The van der Waals surface area contributed by atoms with Gasteiger partial charge in [-0.15, -0.1) is 11.8 Å². The Bertz CT molecular complexity index is 799. The number of nitrogens with zero attached hydrogens (tertiary/aromatic N) is 2. The van der Waals surface area contributed by atoms with Crippen LogP contribution < -0.4 is 5.32 Å². The van der Waals surface area contributed by atoms with E-state index >= 15 is 0 Å². The molecule has 8 nitrogen and oxygen atoms in total. The number of carbonyl (C=O) groups is 2. The van der Waals surface area contributed by atoms with E-state index in [1.165, 1.54) is 18.2 Å². The van der Waals surface area contributed by atoms with Crippen LogP contribution in [0.2, 0.25) is 0 Å². The van der Waals surface area contributed by atoms with Crippen LogP contribution in [0.15, 0.2) is 34.9 Å². The molecule has 0 spiro atoms. The first kappa shape index (κ1) is 18.5. The normalized spacial score (nSPS) is 19.8. The van der Waals surface area contributed by atoms with Crippen molar-refractivity contribution in [3.05, 3.63) is 50.5 Å². The fraction of sp³-hybridized carbons (Fsp3) is 0.312. The summed E-state index contributed by atoms with van der Waals surface area (Å²) in [6.07, 6.45) is 1.66. The molecule has 0 aromatic heterocycles. The Morgan fingerprint density at radius 2 is 2.16 bits per heavy atom. The molecular weight excluding hydrogens is 346 g/mol. The molecule has 0 fully saturated rings. The Labute approximate surface area is 148 Å². The zero-order chi connectivity index (χ0) is 18.6. The van der Waals surface area contributed by atoms with E-state index in [-0.39, 0.29) is 28.5 Å². The Balaban J connectivity index is 2.73. The molecule has 25 heavy (non-hydrogen) atoms. The highest BCUT2D eigenvalue weighted by Crippen LogP contribution is 2.42. The number of carbonyl (C=O) groups excluding carboxylic acids is 2. The SMILES string of the molecule is CCOC(=O)[C@@H]1C(=O)NC(SC)=C(C#N)[C@H]1c1ccccc1[N+](=O)[O-]. The molecule has 1 aliphatic rings. The molecule has 1 aromatic carbocycles. The summed E-state index contributed by atoms with van der Waals surface area (Å²) in [5.41, 5.74) is -0.0346.